The van der Waals surface area contributed by atoms with Crippen LogP contribution in [-0.4, -0.2) is 67.2 Å². The molecule has 0 N–H and O–H groups in total. The Morgan fingerprint density at radius 1 is 1.22 bits per heavy atom. The molecule has 7 nitrogen and oxygen atoms in total. The molecule has 0 unspecified atom stereocenters. The highest BCUT2D eigenvalue weighted by Gasteiger charge is 2.34. The van der Waals surface area contributed by atoms with Crippen LogP contribution in [0.1, 0.15) is 27.7 Å². The fourth-order valence-corrected chi connectivity index (χ4v) is 5.14. The lowest BCUT2D eigenvalue weighted by atomic mass is 10.2. The zero-order valence-corrected chi connectivity index (χ0v) is 18.3. The Kier molecular flexibility index (Phi) is 6.57. The van der Waals surface area contributed by atoms with Crippen molar-refractivity contribution in [3.8, 4) is 0 Å². The third kappa shape index (κ3) is 5.68. The predicted molar refractivity (Wildman–Crippen MR) is 105 cm³/mol. The van der Waals surface area contributed by atoms with Crippen molar-refractivity contribution in [2.75, 3.05) is 25.4 Å². The average molecular weight is 461 g/mol. The van der Waals surface area contributed by atoms with Gasteiger partial charge in [0.1, 0.15) is 11.4 Å². The third-order valence-corrected chi connectivity index (χ3v) is 6.70. The van der Waals surface area contributed by atoms with Crippen molar-refractivity contribution in [3.63, 3.8) is 0 Å². The molecule has 0 aliphatic carbocycles. The number of hydrogen-bond acceptors (Lipinski definition) is 5. The minimum Gasteiger partial charge on any atom is -0.444 e. The highest BCUT2D eigenvalue weighted by molar-refractivity contribution is 9.10. The van der Waals surface area contributed by atoms with Gasteiger partial charge in [-0.2, -0.15) is 0 Å². The Labute approximate surface area is 168 Å². The first-order valence-corrected chi connectivity index (χ1v) is 11.1. The van der Waals surface area contributed by atoms with Gasteiger partial charge >= 0.3 is 6.09 Å². The minimum atomic E-state index is -3.75. The molecule has 1 heterocycles. The molecule has 27 heavy (non-hydrogen) atoms. The van der Waals surface area contributed by atoms with Crippen LogP contribution in [0.5, 0.6) is 0 Å². The molecule has 1 aromatic carbocycles. The van der Waals surface area contributed by atoms with Crippen molar-refractivity contribution in [2.24, 2.45) is 0 Å². The Hall–Kier alpha value is -1.61. The summed E-state index contributed by atoms with van der Waals surface area (Å²) in [6, 6.07) is 6.16. The summed E-state index contributed by atoms with van der Waals surface area (Å²) >= 11 is 3.21. The maximum atomic E-state index is 12.6. The molecule has 2 rings (SSSR count). The minimum absolute atomic E-state index is 0.0961. The summed E-state index contributed by atoms with van der Waals surface area (Å²) in [6.07, 6.45) is -0.428. The zero-order valence-electron chi connectivity index (χ0n) is 15.9. The number of hydrogen-bond donors (Lipinski definition) is 0. The van der Waals surface area contributed by atoms with Crippen molar-refractivity contribution in [2.45, 2.75) is 44.2 Å². The maximum Gasteiger partial charge on any atom is 0.410 e. The summed E-state index contributed by atoms with van der Waals surface area (Å²) in [4.78, 5) is 27.9. The van der Waals surface area contributed by atoms with E-state index in [9.17, 15) is 18.0 Å². The Bertz CT molecular complexity index is 819. The van der Waals surface area contributed by atoms with E-state index in [1.165, 1.54) is 11.0 Å². The van der Waals surface area contributed by atoms with E-state index < -0.39 is 33.2 Å². The molecule has 150 valence electrons. The molecule has 9 heteroatoms. The molecule has 1 atom stereocenters. The fraction of sp³-hybridized carbons (Fsp3) is 0.556. The van der Waals surface area contributed by atoms with Gasteiger partial charge < -0.3 is 14.5 Å². The highest BCUT2D eigenvalue weighted by atomic mass is 79.9. The average Bonchev–Trinajstić information content (AvgIpc) is 2.52. The predicted octanol–water partition coefficient (Wildman–Crippen LogP) is 2.69. The molecule has 0 radical (unpaired) electrons. The van der Waals surface area contributed by atoms with Crippen LogP contribution in [0.3, 0.4) is 0 Å². The van der Waals surface area contributed by atoms with Crippen LogP contribution >= 0.6 is 15.9 Å². The summed E-state index contributed by atoms with van der Waals surface area (Å²) < 4.78 is 30.9. The molecular weight excluding hydrogens is 436 g/mol. The number of amides is 2. The maximum absolute atomic E-state index is 12.6. The molecule has 0 bridgehead atoms. The second kappa shape index (κ2) is 8.18. The van der Waals surface area contributed by atoms with Gasteiger partial charge in [0.2, 0.25) is 5.91 Å². The van der Waals surface area contributed by atoms with Crippen molar-refractivity contribution >= 4 is 37.8 Å². The largest absolute Gasteiger partial charge is 0.444 e. The Balaban J connectivity index is 2.02. The summed E-state index contributed by atoms with van der Waals surface area (Å²) in [7, 11) is -3.75. The van der Waals surface area contributed by atoms with Crippen LogP contribution in [0, 0.1) is 0 Å². The quantitative estimate of drug-likeness (QED) is 0.691. The zero-order chi connectivity index (χ0) is 20.4. The standard InChI is InChI=1S/C18H25BrN2O5S/c1-13-11-20(9-10-21(13)17(23)26-18(2,3)4)16(22)12-27(24,25)15-8-6-5-7-14(15)19/h5-8,13H,9-12H2,1-4H3/t13-/m1/s1. The molecule has 0 spiro atoms. The SMILES string of the molecule is C[C@@H]1CN(C(=O)CS(=O)(=O)c2ccccc2Br)CCN1C(=O)OC(C)(C)C. The molecule has 0 aromatic heterocycles. The van der Waals surface area contributed by atoms with E-state index in [1.807, 2.05) is 6.92 Å². The van der Waals surface area contributed by atoms with Gasteiger partial charge in [-0.3, -0.25) is 4.79 Å². The normalized spacial score (nSPS) is 18.3. The topological polar surface area (TPSA) is 84.0 Å². The fourth-order valence-electron chi connectivity index (χ4n) is 2.80. The van der Waals surface area contributed by atoms with Crippen LogP contribution < -0.4 is 0 Å². The summed E-state index contributed by atoms with van der Waals surface area (Å²) in [6.45, 7) is 8.03. The molecule has 1 saturated heterocycles. The first kappa shape index (κ1) is 21.7. The van der Waals surface area contributed by atoms with Crippen molar-refractivity contribution in [3.05, 3.63) is 28.7 Å². The van der Waals surface area contributed by atoms with E-state index in [2.05, 4.69) is 15.9 Å². The molecule has 1 aliphatic heterocycles. The number of benzene rings is 1. The molecule has 0 saturated carbocycles. The number of rotatable bonds is 3. The van der Waals surface area contributed by atoms with Gasteiger partial charge in [-0.25, -0.2) is 13.2 Å². The summed E-state index contributed by atoms with van der Waals surface area (Å²) in [5, 5.41) is 0. The number of carbonyl (C=O) groups excluding carboxylic acids is 2. The summed E-state index contributed by atoms with van der Waals surface area (Å²) in [5.41, 5.74) is -0.596. The van der Waals surface area contributed by atoms with E-state index in [1.54, 1.807) is 43.9 Å². The van der Waals surface area contributed by atoms with Crippen molar-refractivity contribution in [1.82, 2.24) is 9.80 Å². The van der Waals surface area contributed by atoms with Crippen molar-refractivity contribution in [1.29, 1.82) is 0 Å². The van der Waals surface area contributed by atoms with E-state index in [4.69, 9.17) is 4.74 Å². The van der Waals surface area contributed by atoms with E-state index >= 15 is 0 Å². The lowest BCUT2D eigenvalue weighted by Gasteiger charge is -2.40. The number of sulfone groups is 1. The molecule has 2 amide bonds. The molecule has 1 aliphatic rings. The van der Waals surface area contributed by atoms with Gasteiger partial charge in [0.15, 0.2) is 9.84 Å². The number of ether oxygens (including phenoxy) is 1. The molecule has 1 aromatic rings. The number of halogens is 1. The smallest absolute Gasteiger partial charge is 0.410 e. The lowest BCUT2D eigenvalue weighted by Crippen LogP contribution is -2.57. The monoisotopic (exact) mass is 460 g/mol. The number of piperazine rings is 1. The second-order valence-electron chi connectivity index (χ2n) is 7.55. The van der Waals surface area contributed by atoms with Gasteiger partial charge in [-0.15, -0.1) is 0 Å². The highest BCUT2D eigenvalue weighted by Crippen LogP contribution is 2.23. The lowest BCUT2D eigenvalue weighted by molar-refractivity contribution is -0.131. The van der Waals surface area contributed by atoms with Crippen molar-refractivity contribution < 1.29 is 22.7 Å². The van der Waals surface area contributed by atoms with Crippen LogP contribution in [0.4, 0.5) is 4.79 Å². The van der Waals surface area contributed by atoms with Gasteiger partial charge in [-0.1, -0.05) is 12.1 Å². The summed E-state index contributed by atoms with van der Waals surface area (Å²) in [5.74, 6) is -1.07. The first-order valence-electron chi connectivity index (χ1n) is 8.65. The third-order valence-electron chi connectivity index (χ3n) is 4.09. The van der Waals surface area contributed by atoms with Crippen LogP contribution in [0.2, 0.25) is 0 Å². The first-order chi connectivity index (χ1) is 12.4. The van der Waals surface area contributed by atoms with Crippen LogP contribution in [0.15, 0.2) is 33.6 Å². The number of nitrogens with zero attached hydrogens (tertiary/aromatic N) is 2. The van der Waals surface area contributed by atoms with Gasteiger partial charge in [-0.05, 0) is 55.8 Å². The van der Waals surface area contributed by atoms with Crippen LogP contribution in [0.25, 0.3) is 0 Å². The van der Waals surface area contributed by atoms with E-state index in [0.29, 0.717) is 11.0 Å². The Morgan fingerprint density at radius 2 is 1.85 bits per heavy atom. The van der Waals surface area contributed by atoms with Gasteiger partial charge in [0.25, 0.3) is 0 Å². The number of carbonyl (C=O) groups is 2. The second-order valence-corrected chi connectivity index (χ2v) is 10.4. The van der Waals surface area contributed by atoms with Gasteiger partial charge in [0, 0.05) is 30.1 Å². The molecular formula is C18H25BrN2O5S. The van der Waals surface area contributed by atoms with E-state index in [-0.39, 0.29) is 24.0 Å². The Morgan fingerprint density at radius 3 is 2.41 bits per heavy atom. The van der Waals surface area contributed by atoms with Crippen LogP contribution in [-0.2, 0) is 19.4 Å². The van der Waals surface area contributed by atoms with E-state index in [0.717, 1.165) is 0 Å². The molecule has 1 fully saturated rings. The van der Waals surface area contributed by atoms with Gasteiger partial charge in [0.05, 0.1) is 4.90 Å².